The lowest BCUT2D eigenvalue weighted by Crippen LogP contribution is -2.35. The number of likely N-dealkylation sites (tertiary alicyclic amines) is 1. The van der Waals surface area contributed by atoms with E-state index in [9.17, 15) is 13.2 Å². The first-order valence-electron chi connectivity index (χ1n) is 10.0. The van der Waals surface area contributed by atoms with Crippen molar-refractivity contribution in [1.29, 1.82) is 0 Å². The Balaban J connectivity index is 1.47. The van der Waals surface area contributed by atoms with E-state index in [1.807, 2.05) is 41.3 Å². The molecule has 4 rings (SSSR count). The van der Waals surface area contributed by atoms with E-state index >= 15 is 0 Å². The van der Waals surface area contributed by atoms with Gasteiger partial charge in [0.2, 0.25) is 5.91 Å². The summed E-state index contributed by atoms with van der Waals surface area (Å²) in [6.07, 6.45) is 5.04. The van der Waals surface area contributed by atoms with Crippen LogP contribution >= 0.6 is 0 Å². The molecule has 1 amide bonds. The molecular weight excluding hydrogens is 372 g/mol. The predicted molar refractivity (Wildman–Crippen MR) is 110 cm³/mol. The monoisotopic (exact) mass is 398 g/mol. The number of hydrogen-bond donors (Lipinski definition) is 0. The zero-order valence-electron chi connectivity index (χ0n) is 16.0. The SMILES string of the molecule is O=C(CCc1ccc(S(=O)(=O)N2CCCc3ccccc32)cc1)N1CCCC1. The van der Waals surface area contributed by atoms with Crippen LogP contribution < -0.4 is 4.31 Å². The van der Waals surface area contributed by atoms with E-state index in [4.69, 9.17) is 0 Å². The molecule has 0 radical (unpaired) electrons. The van der Waals surface area contributed by atoms with E-state index < -0.39 is 10.0 Å². The lowest BCUT2D eigenvalue weighted by Gasteiger charge is -2.30. The van der Waals surface area contributed by atoms with Gasteiger partial charge in [-0.3, -0.25) is 9.10 Å². The van der Waals surface area contributed by atoms with Gasteiger partial charge in [-0.1, -0.05) is 30.3 Å². The quantitative estimate of drug-likeness (QED) is 0.776. The Morgan fingerprint density at radius 3 is 2.36 bits per heavy atom. The van der Waals surface area contributed by atoms with Gasteiger partial charge in [0.05, 0.1) is 10.6 Å². The summed E-state index contributed by atoms with van der Waals surface area (Å²) in [6.45, 7) is 2.24. The van der Waals surface area contributed by atoms with Gasteiger partial charge < -0.3 is 4.90 Å². The van der Waals surface area contributed by atoms with Crippen molar-refractivity contribution >= 4 is 21.6 Å². The van der Waals surface area contributed by atoms with Crippen LogP contribution in [-0.4, -0.2) is 38.9 Å². The van der Waals surface area contributed by atoms with Gasteiger partial charge >= 0.3 is 0 Å². The predicted octanol–water partition coefficient (Wildman–Crippen LogP) is 3.38. The number of rotatable bonds is 5. The minimum absolute atomic E-state index is 0.194. The van der Waals surface area contributed by atoms with Crippen LogP contribution in [0.25, 0.3) is 0 Å². The lowest BCUT2D eigenvalue weighted by molar-refractivity contribution is -0.130. The molecule has 2 aromatic rings. The molecule has 2 aromatic carbocycles. The number of carbonyl (C=O) groups excluding carboxylic acids is 1. The van der Waals surface area contributed by atoms with Crippen molar-refractivity contribution in [2.75, 3.05) is 23.9 Å². The number of para-hydroxylation sites is 1. The largest absolute Gasteiger partial charge is 0.343 e. The number of benzene rings is 2. The zero-order chi connectivity index (χ0) is 19.6. The molecular formula is C22H26N2O3S. The third kappa shape index (κ3) is 3.78. The molecule has 5 nitrogen and oxygen atoms in total. The van der Waals surface area contributed by atoms with Crippen molar-refractivity contribution < 1.29 is 13.2 Å². The van der Waals surface area contributed by atoms with Crippen LogP contribution in [0.1, 0.15) is 36.8 Å². The summed E-state index contributed by atoms with van der Waals surface area (Å²) in [5.74, 6) is 0.194. The topological polar surface area (TPSA) is 57.7 Å². The van der Waals surface area contributed by atoms with Crippen LogP contribution in [0.5, 0.6) is 0 Å². The first-order chi connectivity index (χ1) is 13.6. The second-order valence-corrected chi connectivity index (χ2v) is 9.40. The van der Waals surface area contributed by atoms with Gasteiger partial charge in [0.25, 0.3) is 10.0 Å². The van der Waals surface area contributed by atoms with Gasteiger partial charge in [0.15, 0.2) is 0 Å². The van der Waals surface area contributed by atoms with Gasteiger partial charge in [-0.2, -0.15) is 0 Å². The summed E-state index contributed by atoms with van der Waals surface area (Å²) >= 11 is 0. The molecule has 0 aliphatic carbocycles. The van der Waals surface area contributed by atoms with Crippen LogP contribution in [0.15, 0.2) is 53.4 Å². The highest BCUT2D eigenvalue weighted by molar-refractivity contribution is 7.92. The van der Waals surface area contributed by atoms with Crippen LogP contribution in [0.3, 0.4) is 0 Å². The van der Waals surface area contributed by atoms with Gasteiger partial charge in [-0.25, -0.2) is 8.42 Å². The molecule has 0 saturated carbocycles. The summed E-state index contributed by atoms with van der Waals surface area (Å²) < 4.78 is 27.9. The van der Waals surface area contributed by atoms with E-state index in [-0.39, 0.29) is 5.91 Å². The van der Waals surface area contributed by atoms with Crippen molar-refractivity contribution in [3.05, 3.63) is 59.7 Å². The zero-order valence-corrected chi connectivity index (χ0v) is 16.8. The average Bonchev–Trinajstić information content (AvgIpc) is 3.27. The third-order valence-electron chi connectivity index (χ3n) is 5.67. The molecule has 0 spiro atoms. The summed E-state index contributed by atoms with van der Waals surface area (Å²) in [5, 5.41) is 0. The minimum atomic E-state index is -3.58. The Hall–Kier alpha value is -2.34. The van der Waals surface area contributed by atoms with Crippen molar-refractivity contribution in [2.45, 2.75) is 43.4 Å². The average molecular weight is 399 g/mol. The summed E-state index contributed by atoms with van der Waals surface area (Å²) in [6, 6.07) is 14.7. The third-order valence-corrected chi connectivity index (χ3v) is 7.49. The maximum absolute atomic E-state index is 13.2. The van der Waals surface area contributed by atoms with E-state index in [2.05, 4.69) is 0 Å². The Morgan fingerprint density at radius 2 is 1.61 bits per heavy atom. The Morgan fingerprint density at radius 1 is 0.893 bits per heavy atom. The molecule has 0 unspecified atom stereocenters. The highest BCUT2D eigenvalue weighted by Gasteiger charge is 2.28. The molecule has 0 N–H and O–H groups in total. The van der Waals surface area contributed by atoms with Gasteiger partial charge in [0.1, 0.15) is 0 Å². The van der Waals surface area contributed by atoms with Gasteiger partial charge in [-0.15, -0.1) is 0 Å². The van der Waals surface area contributed by atoms with Crippen molar-refractivity contribution in [2.24, 2.45) is 0 Å². The van der Waals surface area contributed by atoms with Crippen molar-refractivity contribution in [3.8, 4) is 0 Å². The highest BCUT2D eigenvalue weighted by Crippen LogP contribution is 2.31. The maximum Gasteiger partial charge on any atom is 0.264 e. The van der Waals surface area contributed by atoms with E-state index in [0.717, 1.165) is 55.6 Å². The second-order valence-electron chi connectivity index (χ2n) is 7.54. The molecule has 2 heterocycles. The van der Waals surface area contributed by atoms with Gasteiger partial charge in [0, 0.05) is 26.1 Å². The molecule has 0 bridgehead atoms. The number of hydrogen-bond acceptors (Lipinski definition) is 3. The van der Waals surface area contributed by atoms with Gasteiger partial charge in [-0.05, 0) is 61.4 Å². The van der Waals surface area contributed by atoms with E-state index in [1.54, 1.807) is 12.1 Å². The standard InChI is InChI=1S/C22H26N2O3S/c25-22(23-15-3-4-16-23)14-11-18-9-12-20(13-10-18)28(26,27)24-17-5-7-19-6-1-2-8-21(19)24/h1-2,6,8-10,12-13H,3-5,7,11,14-17H2. The molecule has 2 aliphatic rings. The van der Waals surface area contributed by atoms with Crippen molar-refractivity contribution in [3.63, 3.8) is 0 Å². The number of aryl methyl sites for hydroxylation is 2. The number of carbonyl (C=O) groups is 1. The van der Waals surface area contributed by atoms with Crippen LogP contribution in [0, 0.1) is 0 Å². The first kappa shape index (κ1) is 19.0. The number of sulfonamides is 1. The molecule has 6 heteroatoms. The van der Waals surface area contributed by atoms with Crippen molar-refractivity contribution in [1.82, 2.24) is 4.90 Å². The molecule has 1 fully saturated rings. The minimum Gasteiger partial charge on any atom is -0.343 e. The lowest BCUT2D eigenvalue weighted by atomic mass is 10.0. The number of amides is 1. The summed E-state index contributed by atoms with van der Waals surface area (Å²) in [5.41, 5.74) is 2.86. The smallest absolute Gasteiger partial charge is 0.264 e. The Kier molecular flexibility index (Phi) is 5.40. The Bertz CT molecular complexity index is 948. The maximum atomic E-state index is 13.2. The normalized spacial score (nSPS) is 16.9. The summed E-state index contributed by atoms with van der Waals surface area (Å²) in [7, 11) is -3.58. The van der Waals surface area contributed by atoms with Crippen LogP contribution in [0.4, 0.5) is 5.69 Å². The molecule has 2 aliphatic heterocycles. The fraction of sp³-hybridized carbons (Fsp3) is 0.409. The molecule has 148 valence electrons. The fourth-order valence-electron chi connectivity index (χ4n) is 4.08. The molecule has 0 atom stereocenters. The Labute approximate surface area is 167 Å². The van der Waals surface area contributed by atoms with Crippen LogP contribution in [-0.2, 0) is 27.7 Å². The second kappa shape index (κ2) is 7.95. The van der Waals surface area contributed by atoms with E-state index in [0.29, 0.717) is 24.3 Å². The first-order valence-corrected chi connectivity index (χ1v) is 11.5. The van der Waals surface area contributed by atoms with E-state index in [1.165, 1.54) is 4.31 Å². The molecule has 0 aromatic heterocycles. The number of anilines is 1. The highest BCUT2D eigenvalue weighted by atomic mass is 32.2. The number of nitrogens with zero attached hydrogens (tertiary/aromatic N) is 2. The molecule has 28 heavy (non-hydrogen) atoms. The fourth-order valence-corrected chi connectivity index (χ4v) is 5.62. The summed E-state index contributed by atoms with van der Waals surface area (Å²) in [4.78, 5) is 14.4. The molecule has 1 saturated heterocycles. The number of fused-ring (bicyclic) bond motifs is 1. The van der Waals surface area contributed by atoms with Crippen LogP contribution in [0.2, 0.25) is 0 Å².